The van der Waals surface area contributed by atoms with Crippen LogP contribution < -0.4 is 5.73 Å². The maximum Gasteiger partial charge on any atom is 0.0470 e. The van der Waals surface area contributed by atoms with Crippen LogP contribution in [0, 0.1) is 6.92 Å². The van der Waals surface area contributed by atoms with Crippen LogP contribution in [0.1, 0.15) is 37.4 Å². The minimum atomic E-state index is 0.276. The Bertz CT molecular complexity index is 352. The monoisotopic (exact) mass is 254 g/mol. The number of hydrogen-bond acceptors (Lipinski definition) is 2. The average Bonchev–Trinajstić information content (AvgIpc) is 2.33. The molecule has 2 nitrogen and oxygen atoms in total. The topological polar surface area (TPSA) is 29.3 Å². The van der Waals surface area contributed by atoms with E-state index in [2.05, 4.69) is 30.9 Å². The van der Waals surface area contributed by atoms with Gasteiger partial charge in [-0.25, -0.2) is 0 Å². The molecule has 0 radical (unpaired) electrons. The molecule has 1 aromatic rings. The molecule has 0 aliphatic carbocycles. The Kier molecular flexibility index (Phi) is 5.96. The minimum absolute atomic E-state index is 0.276. The van der Waals surface area contributed by atoms with Crippen LogP contribution in [0.5, 0.6) is 0 Å². The van der Waals surface area contributed by atoms with Gasteiger partial charge in [0.1, 0.15) is 0 Å². The van der Waals surface area contributed by atoms with Crippen LogP contribution in [0.4, 0.5) is 0 Å². The summed E-state index contributed by atoms with van der Waals surface area (Å²) in [7, 11) is 0. The van der Waals surface area contributed by atoms with Crippen LogP contribution >= 0.6 is 11.6 Å². The third-order valence-corrected chi connectivity index (χ3v) is 3.57. The highest BCUT2D eigenvalue weighted by atomic mass is 35.5. The third kappa shape index (κ3) is 3.70. The quantitative estimate of drug-likeness (QED) is 0.843. The van der Waals surface area contributed by atoms with E-state index < -0.39 is 0 Å². The Balaban J connectivity index is 2.95. The van der Waals surface area contributed by atoms with E-state index in [0.29, 0.717) is 6.54 Å². The molecule has 0 fully saturated rings. The van der Waals surface area contributed by atoms with Gasteiger partial charge in [-0.1, -0.05) is 37.6 Å². The smallest absolute Gasteiger partial charge is 0.0470 e. The SMILES string of the molecule is CCCN(CC)C(CN)c1ccc(C)c(Cl)c1. The zero-order valence-electron chi connectivity index (χ0n) is 11.0. The molecule has 3 heteroatoms. The molecule has 0 aliphatic rings. The van der Waals surface area contributed by atoms with Crippen molar-refractivity contribution in [2.45, 2.75) is 33.2 Å². The van der Waals surface area contributed by atoms with Gasteiger partial charge in [0.25, 0.3) is 0 Å². The van der Waals surface area contributed by atoms with E-state index in [1.165, 1.54) is 5.56 Å². The number of hydrogen-bond donors (Lipinski definition) is 1. The number of nitrogens with two attached hydrogens (primary N) is 1. The van der Waals surface area contributed by atoms with Crippen molar-refractivity contribution in [2.75, 3.05) is 19.6 Å². The molecule has 2 N–H and O–H groups in total. The summed E-state index contributed by atoms with van der Waals surface area (Å²) in [6.07, 6.45) is 1.14. The van der Waals surface area contributed by atoms with E-state index in [-0.39, 0.29) is 6.04 Å². The van der Waals surface area contributed by atoms with Crippen molar-refractivity contribution in [3.05, 3.63) is 34.3 Å². The van der Waals surface area contributed by atoms with Crippen LogP contribution in [0.25, 0.3) is 0 Å². The van der Waals surface area contributed by atoms with Gasteiger partial charge in [-0.05, 0) is 43.6 Å². The van der Waals surface area contributed by atoms with Crippen molar-refractivity contribution >= 4 is 11.6 Å². The van der Waals surface area contributed by atoms with E-state index in [1.54, 1.807) is 0 Å². The van der Waals surface area contributed by atoms with Gasteiger partial charge in [0, 0.05) is 17.6 Å². The summed E-state index contributed by atoms with van der Waals surface area (Å²) in [5.74, 6) is 0. The first-order chi connectivity index (χ1) is 8.13. The van der Waals surface area contributed by atoms with Crippen molar-refractivity contribution in [3.8, 4) is 0 Å². The Hall–Kier alpha value is -0.570. The van der Waals surface area contributed by atoms with E-state index in [4.69, 9.17) is 17.3 Å². The minimum Gasteiger partial charge on any atom is -0.329 e. The molecule has 0 saturated heterocycles. The summed E-state index contributed by atoms with van der Waals surface area (Å²) < 4.78 is 0. The molecule has 0 amide bonds. The van der Waals surface area contributed by atoms with Crippen molar-refractivity contribution in [1.82, 2.24) is 4.90 Å². The van der Waals surface area contributed by atoms with Gasteiger partial charge in [0.05, 0.1) is 0 Å². The fourth-order valence-corrected chi connectivity index (χ4v) is 2.32. The lowest BCUT2D eigenvalue weighted by Crippen LogP contribution is -2.34. The second kappa shape index (κ2) is 7.00. The molecule has 0 saturated carbocycles. The Morgan fingerprint density at radius 2 is 2.06 bits per heavy atom. The molecule has 1 unspecified atom stereocenters. The zero-order chi connectivity index (χ0) is 12.8. The highest BCUT2D eigenvalue weighted by Gasteiger charge is 2.17. The number of aryl methyl sites for hydroxylation is 1. The number of benzene rings is 1. The number of halogens is 1. The summed E-state index contributed by atoms with van der Waals surface area (Å²) in [4.78, 5) is 2.40. The molecule has 0 bridgehead atoms. The van der Waals surface area contributed by atoms with Gasteiger partial charge < -0.3 is 5.73 Å². The van der Waals surface area contributed by atoms with Crippen LogP contribution in [0.3, 0.4) is 0 Å². The van der Waals surface area contributed by atoms with E-state index in [9.17, 15) is 0 Å². The first-order valence-electron chi connectivity index (χ1n) is 6.34. The lowest BCUT2D eigenvalue weighted by molar-refractivity contribution is 0.213. The fraction of sp³-hybridized carbons (Fsp3) is 0.571. The molecule has 96 valence electrons. The molecule has 0 heterocycles. The third-order valence-electron chi connectivity index (χ3n) is 3.16. The van der Waals surface area contributed by atoms with Gasteiger partial charge in [0.15, 0.2) is 0 Å². The highest BCUT2D eigenvalue weighted by molar-refractivity contribution is 6.31. The Morgan fingerprint density at radius 3 is 2.53 bits per heavy atom. The maximum atomic E-state index is 6.18. The van der Waals surface area contributed by atoms with Crippen LogP contribution in [-0.2, 0) is 0 Å². The zero-order valence-corrected chi connectivity index (χ0v) is 11.8. The normalized spacial score (nSPS) is 13.1. The van der Waals surface area contributed by atoms with Crippen molar-refractivity contribution < 1.29 is 0 Å². The molecule has 1 atom stereocenters. The number of rotatable bonds is 6. The molecule has 0 aliphatic heterocycles. The Morgan fingerprint density at radius 1 is 1.35 bits per heavy atom. The molecular weight excluding hydrogens is 232 g/mol. The van der Waals surface area contributed by atoms with E-state index >= 15 is 0 Å². The van der Waals surface area contributed by atoms with Gasteiger partial charge in [-0.3, -0.25) is 4.90 Å². The van der Waals surface area contributed by atoms with Crippen LogP contribution in [0.2, 0.25) is 5.02 Å². The number of nitrogens with zero attached hydrogens (tertiary/aromatic N) is 1. The van der Waals surface area contributed by atoms with E-state index in [1.807, 2.05) is 13.0 Å². The molecule has 1 rings (SSSR count). The maximum absolute atomic E-state index is 6.18. The van der Waals surface area contributed by atoms with E-state index in [0.717, 1.165) is 30.1 Å². The van der Waals surface area contributed by atoms with Crippen LogP contribution in [-0.4, -0.2) is 24.5 Å². The van der Waals surface area contributed by atoms with Gasteiger partial charge in [0.2, 0.25) is 0 Å². The van der Waals surface area contributed by atoms with Crippen molar-refractivity contribution in [1.29, 1.82) is 0 Å². The van der Waals surface area contributed by atoms with Crippen molar-refractivity contribution in [3.63, 3.8) is 0 Å². The second-order valence-electron chi connectivity index (χ2n) is 4.39. The first-order valence-corrected chi connectivity index (χ1v) is 6.72. The van der Waals surface area contributed by atoms with Gasteiger partial charge in [-0.15, -0.1) is 0 Å². The fourth-order valence-electron chi connectivity index (χ4n) is 2.13. The molecular formula is C14H23ClN2. The lowest BCUT2D eigenvalue weighted by Gasteiger charge is -2.30. The summed E-state index contributed by atoms with van der Waals surface area (Å²) >= 11 is 6.18. The average molecular weight is 255 g/mol. The first kappa shape index (κ1) is 14.5. The lowest BCUT2D eigenvalue weighted by atomic mass is 10.0. The number of likely N-dealkylation sites (N-methyl/N-ethyl adjacent to an activating group) is 1. The molecule has 0 spiro atoms. The van der Waals surface area contributed by atoms with Crippen molar-refractivity contribution in [2.24, 2.45) is 5.73 Å². The summed E-state index contributed by atoms with van der Waals surface area (Å²) in [5, 5.41) is 0.827. The molecule has 17 heavy (non-hydrogen) atoms. The second-order valence-corrected chi connectivity index (χ2v) is 4.80. The highest BCUT2D eigenvalue weighted by Crippen LogP contribution is 2.24. The summed E-state index contributed by atoms with van der Waals surface area (Å²) in [6.45, 7) is 9.11. The van der Waals surface area contributed by atoms with Gasteiger partial charge in [-0.2, -0.15) is 0 Å². The van der Waals surface area contributed by atoms with Crippen LogP contribution in [0.15, 0.2) is 18.2 Å². The summed E-state index contributed by atoms with van der Waals surface area (Å²) in [5.41, 5.74) is 8.25. The molecule has 1 aromatic carbocycles. The van der Waals surface area contributed by atoms with Gasteiger partial charge >= 0.3 is 0 Å². The predicted octanol–water partition coefficient (Wildman–Crippen LogP) is 3.38. The Labute approximate surface area is 110 Å². The predicted molar refractivity (Wildman–Crippen MR) is 75.5 cm³/mol. The standard InChI is InChI=1S/C14H23ClN2/c1-4-8-17(5-2)14(10-16)12-7-6-11(3)13(15)9-12/h6-7,9,14H,4-5,8,10,16H2,1-3H3. The summed E-state index contributed by atoms with van der Waals surface area (Å²) in [6, 6.07) is 6.53. The largest absolute Gasteiger partial charge is 0.329 e. The molecule has 0 aromatic heterocycles.